The van der Waals surface area contributed by atoms with E-state index in [1.807, 2.05) is 18.2 Å². The summed E-state index contributed by atoms with van der Waals surface area (Å²) in [5.41, 5.74) is 3.72. The van der Waals surface area contributed by atoms with Gasteiger partial charge in [-0.3, -0.25) is 9.59 Å². The quantitative estimate of drug-likeness (QED) is 0.543. The van der Waals surface area contributed by atoms with Crippen molar-refractivity contribution < 1.29 is 19.1 Å². The molecule has 1 saturated carbocycles. The normalized spacial score (nSPS) is 17.7. The van der Waals surface area contributed by atoms with E-state index in [1.165, 1.54) is 0 Å². The molecule has 0 spiro atoms. The number of hydrogen-bond donors (Lipinski definition) is 2. The molecule has 7 nitrogen and oxygen atoms in total. The second kappa shape index (κ2) is 10.4. The molecule has 0 atom stereocenters. The van der Waals surface area contributed by atoms with Crippen LogP contribution in [0.4, 0.5) is 0 Å². The van der Waals surface area contributed by atoms with Crippen LogP contribution >= 0.6 is 0 Å². The number of carbonyl (C=O) groups is 2. The van der Waals surface area contributed by atoms with Gasteiger partial charge in [-0.2, -0.15) is 0 Å². The van der Waals surface area contributed by atoms with Crippen LogP contribution in [0, 0.1) is 0 Å². The molecule has 4 rings (SSSR count). The van der Waals surface area contributed by atoms with Crippen LogP contribution in [0.25, 0.3) is 5.70 Å². The molecule has 2 fully saturated rings. The zero-order valence-corrected chi connectivity index (χ0v) is 16.4. The van der Waals surface area contributed by atoms with Gasteiger partial charge in [0.05, 0.1) is 19.8 Å². The number of amides is 2. The Bertz CT molecular complexity index is 700. The Morgan fingerprint density at radius 1 is 1.36 bits per heavy atom. The van der Waals surface area contributed by atoms with E-state index in [1.54, 1.807) is 12.0 Å². The minimum Gasteiger partial charge on any atom is -0.383 e. The van der Waals surface area contributed by atoms with Crippen molar-refractivity contribution in [2.24, 2.45) is 0 Å². The molecule has 28 heavy (non-hydrogen) atoms. The first-order chi connectivity index (χ1) is 13.7. The number of nitrogens with one attached hydrogen (secondary N) is 2. The summed E-state index contributed by atoms with van der Waals surface area (Å²) < 4.78 is 9.94. The third-order valence-electron chi connectivity index (χ3n) is 4.93. The average molecular weight is 387 g/mol. The molecule has 1 aliphatic heterocycles. The Balaban J connectivity index is 0.000000320. The van der Waals surface area contributed by atoms with Crippen molar-refractivity contribution in [3.63, 3.8) is 0 Å². The number of methoxy groups -OCH3 is 1. The van der Waals surface area contributed by atoms with Crippen LogP contribution in [0.5, 0.6) is 0 Å². The molecule has 0 unspecified atom stereocenters. The minimum atomic E-state index is -0.116. The fraction of sp³-hybridized carbons (Fsp3) is 0.524. The van der Waals surface area contributed by atoms with Gasteiger partial charge < -0.3 is 25.0 Å². The second-order valence-electron chi connectivity index (χ2n) is 7.02. The third-order valence-corrected chi connectivity index (χ3v) is 4.93. The number of benzene rings is 1. The lowest BCUT2D eigenvalue weighted by atomic mass is 10.0. The Morgan fingerprint density at radius 3 is 2.71 bits per heavy atom. The van der Waals surface area contributed by atoms with Crippen LogP contribution in [-0.4, -0.2) is 69.8 Å². The molecular formula is C21H29N3O4. The first-order valence-electron chi connectivity index (χ1n) is 9.87. The van der Waals surface area contributed by atoms with Crippen molar-refractivity contribution in [1.29, 1.82) is 0 Å². The Kier molecular flexibility index (Phi) is 7.59. The molecule has 2 amide bonds. The fourth-order valence-corrected chi connectivity index (χ4v) is 3.27. The van der Waals surface area contributed by atoms with Crippen LogP contribution in [0.2, 0.25) is 0 Å². The Morgan fingerprint density at radius 2 is 2.14 bits per heavy atom. The van der Waals surface area contributed by atoms with Gasteiger partial charge in [-0.05, 0) is 37.0 Å². The lowest BCUT2D eigenvalue weighted by Gasteiger charge is -2.19. The molecule has 7 heteroatoms. The molecular weight excluding hydrogens is 358 g/mol. The molecule has 1 heterocycles. The van der Waals surface area contributed by atoms with Gasteiger partial charge in [0.15, 0.2) is 0 Å². The number of fused-ring (bicyclic) bond motifs is 1. The van der Waals surface area contributed by atoms with E-state index in [4.69, 9.17) is 9.47 Å². The first-order valence-corrected chi connectivity index (χ1v) is 9.87. The summed E-state index contributed by atoms with van der Waals surface area (Å²) >= 11 is 0. The van der Waals surface area contributed by atoms with Gasteiger partial charge in [-0.15, -0.1) is 0 Å². The standard InChI is InChI=1S/C17H20N2O3.C4H9NO/c1-22-9-8-18-17(21)13-3-2-12-4-7-16(15(12)10-13)19(11-20)14-5-6-14;1-3-6-4-2-5-1/h2-3,7,10-11,14H,4-6,8-9H2,1H3,(H,18,21);5H,1-4H2. The summed E-state index contributed by atoms with van der Waals surface area (Å²) in [5, 5.41) is 5.98. The molecule has 1 aromatic carbocycles. The largest absolute Gasteiger partial charge is 0.383 e. The highest BCUT2D eigenvalue weighted by molar-refractivity contribution is 5.96. The van der Waals surface area contributed by atoms with Crippen LogP contribution in [0.1, 0.15) is 34.3 Å². The zero-order chi connectivity index (χ0) is 19.8. The predicted octanol–water partition coefficient (Wildman–Crippen LogP) is 1.19. The summed E-state index contributed by atoms with van der Waals surface area (Å²) in [6, 6.07) is 6.02. The number of hydrogen-bond acceptors (Lipinski definition) is 5. The van der Waals surface area contributed by atoms with Gasteiger partial charge >= 0.3 is 0 Å². The van der Waals surface area contributed by atoms with Gasteiger partial charge in [-0.25, -0.2) is 0 Å². The number of rotatable bonds is 7. The summed E-state index contributed by atoms with van der Waals surface area (Å²) in [4.78, 5) is 25.3. The van der Waals surface area contributed by atoms with E-state index in [0.29, 0.717) is 24.8 Å². The molecule has 0 radical (unpaired) electrons. The lowest BCUT2D eigenvalue weighted by Crippen LogP contribution is -2.30. The first kappa shape index (κ1) is 20.5. The lowest BCUT2D eigenvalue weighted by molar-refractivity contribution is -0.115. The maximum absolute atomic E-state index is 12.1. The molecule has 0 bridgehead atoms. The SMILES string of the molecule is C1COCCN1.COCCNC(=O)c1ccc2c(c1)C(N(C=O)C1CC1)=CC2. The highest BCUT2D eigenvalue weighted by atomic mass is 16.5. The van der Waals surface area contributed by atoms with Crippen LogP contribution in [-0.2, 0) is 20.7 Å². The molecule has 152 valence electrons. The number of carbonyl (C=O) groups excluding carboxylic acids is 2. The van der Waals surface area contributed by atoms with Crippen molar-refractivity contribution in [3.8, 4) is 0 Å². The highest BCUT2D eigenvalue weighted by Crippen LogP contribution is 2.37. The number of allylic oxidation sites excluding steroid dienone is 1. The van der Waals surface area contributed by atoms with Gasteiger partial charge in [0.1, 0.15) is 0 Å². The summed E-state index contributed by atoms with van der Waals surface area (Å²) in [5.74, 6) is -0.116. The van der Waals surface area contributed by atoms with Gasteiger partial charge in [0, 0.05) is 49.6 Å². The van der Waals surface area contributed by atoms with Gasteiger partial charge in [-0.1, -0.05) is 12.1 Å². The monoisotopic (exact) mass is 387 g/mol. The van der Waals surface area contributed by atoms with Crippen molar-refractivity contribution in [2.75, 3.05) is 46.6 Å². The Hall–Kier alpha value is -2.22. The molecule has 2 N–H and O–H groups in total. The maximum atomic E-state index is 12.1. The fourth-order valence-electron chi connectivity index (χ4n) is 3.27. The number of nitrogens with zero attached hydrogens (tertiary/aromatic N) is 1. The molecule has 3 aliphatic rings. The number of ether oxygens (including phenoxy) is 2. The van der Waals surface area contributed by atoms with Crippen LogP contribution < -0.4 is 10.6 Å². The minimum absolute atomic E-state index is 0.116. The summed E-state index contributed by atoms with van der Waals surface area (Å²) in [7, 11) is 1.60. The third kappa shape index (κ3) is 5.41. The van der Waals surface area contributed by atoms with Crippen LogP contribution in [0.3, 0.4) is 0 Å². The smallest absolute Gasteiger partial charge is 0.251 e. The van der Waals surface area contributed by atoms with E-state index >= 15 is 0 Å². The molecule has 0 aromatic heterocycles. The van der Waals surface area contributed by atoms with Crippen LogP contribution in [0.15, 0.2) is 24.3 Å². The molecule has 1 saturated heterocycles. The van der Waals surface area contributed by atoms with Gasteiger partial charge in [0.2, 0.25) is 6.41 Å². The van der Waals surface area contributed by atoms with Crippen molar-refractivity contribution >= 4 is 18.0 Å². The van der Waals surface area contributed by atoms with Crippen molar-refractivity contribution in [1.82, 2.24) is 15.5 Å². The predicted molar refractivity (Wildman–Crippen MR) is 107 cm³/mol. The van der Waals surface area contributed by atoms with Crippen molar-refractivity contribution in [2.45, 2.75) is 25.3 Å². The van der Waals surface area contributed by atoms with Crippen molar-refractivity contribution in [3.05, 3.63) is 41.0 Å². The molecule has 1 aromatic rings. The van der Waals surface area contributed by atoms with E-state index in [9.17, 15) is 9.59 Å². The van der Waals surface area contributed by atoms with E-state index < -0.39 is 0 Å². The molecule has 2 aliphatic carbocycles. The Labute approximate surface area is 166 Å². The summed E-state index contributed by atoms with van der Waals surface area (Å²) in [6.45, 7) is 4.81. The van der Waals surface area contributed by atoms with Gasteiger partial charge in [0.25, 0.3) is 5.91 Å². The highest BCUT2D eigenvalue weighted by Gasteiger charge is 2.33. The second-order valence-corrected chi connectivity index (χ2v) is 7.02. The maximum Gasteiger partial charge on any atom is 0.251 e. The van der Waals surface area contributed by atoms with E-state index in [0.717, 1.165) is 68.8 Å². The van der Waals surface area contributed by atoms with E-state index in [-0.39, 0.29) is 5.91 Å². The van der Waals surface area contributed by atoms with E-state index in [2.05, 4.69) is 16.7 Å². The summed E-state index contributed by atoms with van der Waals surface area (Å²) in [6.07, 6.45) is 5.91. The topological polar surface area (TPSA) is 79.9 Å². The zero-order valence-electron chi connectivity index (χ0n) is 16.4. The average Bonchev–Trinajstić information content (AvgIpc) is 3.50. The number of morpholine rings is 1.